The van der Waals surface area contributed by atoms with E-state index >= 15 is 0 Å². The van der Waals surface area contributed by atoms with Crippen molar-refractivity contribution >= 4 is 0 Å². The van der Waals surface area contributed by atoms with Gasteiger partial charge in [-0.2, -0.15) is 0 Å². The Morgan fingerprint density at radius 3 is 2.52 bits per heavy atom. The smallest absolute Gasteiger partial charge is 0.126 e. The minimum Gasteiger partial charge on any atom is -0.489 e. The molecule has 25 heavy (non-hydrogen) atoms. The topological polar surface area (TPSA) is 31.0 Å². The lowest BCUT2D eigenvalue weighted by atomic mass is 10.0. The van der Waals surface area contributed by atoms with Gasteiger partial charge in [0, 0.05) is 6.07 Å². The Morgan fingerprint density at radius 1 is 1.20 bits per heavy atom. The van der Waals surface area contributed by atoms with Crippen molar-refractivity contribution in [3.63, 3.8) is 0 Å². The Labute approximate surface area is 152 Å². The highest BCUT2D eigenvalue weighted by Crippen LogP contribution is 2.39. The second-order valence-corrected chi connectivity index (χ2v) is 6.97. The molecular formula is C22H30O3. The second-order valence-electron chi connectivity index (χ2n) is 6.97. The lowest BCUT2D eigenvalue weighted by molar-refractivity contribution is 0.320. The number of ether oxygens (including phenoxy) is 3. The van der Waals surface area contributed by atoms with Crippen LogP contribution in [0.15, 0.2) is 55.2 Å². The third-order valence-electron chi connectivity index (χ3n) is 4.40. The van der Waals surface area contributed by atoms with Crippen molar-refractivity contribution in [3.8, 4) is 11.5 Å². The molecule has 0 N–H and O–H groups in total. The van der Waals surface area contributed by atoms with Gasteiger partial charge in [-0.25, -0.2) is 0 Å². The molecule has 1 aliphatic rings. The van der Waals surface area contributed by atoms with E-state index in [-0.39, 0.29) is 5.60 Å². The Balaban J connectivity index is 1.97. The van der Waals surface area contributed by atoms with Crippen LogP contribution in [-0.2, 0) is 11.2 Å². The predicted molar refractivity (Wildman–Crippen MR) is 103 cm³/mol. The van der Waals surface area contributed by atoms with Gasteiger partial charge in [0.15, 0.2) is 0 Å². The van der Waals surface area contributed by atoms with Crippen LogP contribution in [0.4, 0.5) is 0 Å². The first-order chi connectivity index (χ1) is 12.0. The maximum atomic E-state index is 5.80. The lowest BCUT2D eigenvalue weighted by Crippen LogP contribution is -2.02. The molecule has 136 valence electrons. The SMILES string of the molecule is C=CCOc1ccc(C/C=C(\C)CC[C@@H]2OC2(C)C)c(OCC=C)c1. The monoisotopic (exact) mass is 342 g/mol. The fraction of sp³-hybridized carbons (Fsp3) is 0.455. The van der Waals surface area contributed by atoms with Crippen LogP contribution in [0.5, 0.6) is 11.5 Å². The summed E-state index contributed by atoms with van der Waals surface area (Å²) >= 11 is 0. The van der Waals surface area contributed by atoms with Gasteiger partial charge in [-0.3, -0.25) is 0 Å². The standard InChI is InChI=1S/C22H30O3/c1-6-14-23-19-12-11-18(20(16-19)24-15-7-2)10-8-17(3)9-13-21-22(4,5)25-21/h6-8,11-12,16,21H,1-2,9-10,13-15H2,3-5H3/b17-8+/t21-/m0/s1. The van der Waals surface area contributed by atoms with Gasteiger partial charge >= 0.3 is 0 Å². The van der Waals surface area contributed by atoms with Crippen molar-refractivity contribution in [2.75, 3.05) is 13.2 Å². The highest BCUT2D eigenvalue weighted by Gasteiger charge is 2.46. The molecule has 1 aromatic carbocycles. The quantitative estimate of drug-likeness (QED) is 0.406. The average molecular weight is 342 g/mol. The van der Waals surface area contributed by atoms with E-state index in [1.54, 1.807) is 12.2 Å². The lowest BCUT2D eigenvalue weighted by Gasteiger charge is -2.12. The fourth-order valence-corrected chi connectivity index (χ4v) is 2.72. The maximum absolute atomic E-state index is 5.80. The zero-order valence-corrected chi connectivity index (χ0v) is 15.7. The van der Waals surface area contributed by atoms with E-state index in [1.807, 2.05) is 12.1 Å². The van der Waals surface area contributed by atoms with E-state index in [2.05, 4.69) is 46.1 Å². The highest BCUT2D eigenvalue weighted by atomic mass is 16.6. The summed E-state index contributed by atoms with van der Waals surface area (Å²) in [6.07, 6.45) is 9.16. The van der Waals surface area contributed by atoms with Crippen molar-refractivity contribution in [2.24, 2.45) is 0 Å². The number of rotatable bonds is 11. The second kappa shape index (κ2) is 8.91. The molecule has 0 unspecified atom stereocenters. The largest absolute Gasteiger partial charge is 0.489 e. The molecule has 0 amide bonds. The van der Waals surface area contributed by atoms with E-state index in [9.17, 15) is 0 Å². The number of hydrogen-bond donors (Lipinski definition) is 0. The molecule has 3 nitrogen and oxygen atoms in total. The Bertz CT molecular complexity index is 628. The van der Waals surface area contributed by atoms with Crippen molar-refractivity contribution in [3.05, 3.63) is 60.7 Å². The van der Waals surface area contributed by atoms with Gasteiger partial charge in [0.1, 0.15) is 24.7 Å². The van der Waals surface area contributed by atoms with Crippen LogP contribution in [0.25, 0.3) is 0 Å². The van der Waals surface area contributed by atoms with Gasteiger partial charge in [-0.15, -0.1) is 0 Å². The van der Waals surface area contributed by atoms with Crippen LogP contribution < -0.4 is 9.47 Å². The summed E-state index contributed by atoms with van der Waals surface area (Å²) in [5, 5.41) is 0. The van der Waals surface area contributed by atoms with Crippen molar-refractivity contribution in [1.82, 2.24) is 0 Å². The molecule has 0 aliphatic carbocycles. The first kappa shape index (κ1) is 19.3. The molecule has 1 saturated heterocycles. The van der Waals surface area contributed by atoms with Crippen LogP contribution in [-0.4, -0.2) is 24.9 Å². The Kier molecular flexibility index (Phi) is 6.89. The zero-order chi connectivity index (χ0) is 18.3. The molecule has 0 spiro atoms. The predicted octanol–water partition coefficient (Wildman–Crippen LogP) is 5.26. The average Bonchev–Trinajstić information content (AvgIpc) is 3.21. The fourth-order valence-electron chi connectivity index (χ4n) is 2.72. The third-order valence-corrected chi connectivity index (χ3v) is 4.40. The normalized spacial score (nSPS) is 18.5. The van der Waals surface area contributed by atoms with Gasteiger partial charge < -0.3 is 14.2 Å². The summed E-state index contributed by atoms with van der Waals surface area (Å²) in [4.78, 5) is 0. The highest BCUT2D eigenvalue weighted by molar-refractivity contribution is 5.42. The molecular weight excluding hydrogens is 312 g/mol. The van der Waals surface area contributed by atoms with E-state index in [0.717, 1.165) is 36.3 Å². The van der Waals surface area contributed by atoms with Crippen LogP contribution >= 0.6 is 0 Å². The molecule has 0 bridgehead atoms. The number of benzene rings is 1. The van der Waals surface area contributed by atoms with Crippen molar-refractivity contribution in [2.45, 2.75) is 51.7 Å². The first-order valence-corrected chi connectivity index (χ1v) is 8.90. The van der Waals surface area contributed by atoms with Gasteiger partial charge in [-0.05, 0) is 51.7 Å². The molecule has 1 aromatic rings. The summed E-state index contributed by atoms with van der Waals surface area (Å²) in [6.45, 7) is 14.8. The van der Waals surface area contributed by atoms with E-state index in [4.69, 9.17) is 14.2 Å². The van der Waals surface area contributed by atoms with Crippen LogP contribution in [0.1, 0.15) is 39.2 Å². The van der Waals surface area contributed by atoms with Gasteiger partial charge in [0.2, 0.25) is 0 Å². The summed E-state index contributed by atoms with van der Waals surface area (Å²) in [7, 11) is 0. The minimum absolute atomic E-state index is 0.0766. The van der Waals surface area contributed by atoms with E-state index in [0.29, 0.717) is 19.3 Å². The Morgan fingerprint density at radius 2 is 1.88 bits per heavy atom. The molecule has 1 atom stereocenters. The van der Waals surface area contributed by atoms with E-state index in [1.165, 1.54) is 5.57 Å². The van der Waals surface area contributed by atoms with Crippen LogP contribution in [0.3, 0.4) is 0 Å². The molecule has 1 fully saturated rings. The summed E-state index contributed by atoms with van der Waals surface area (Å²) < 4.78 is 17.0. The van der Waals surface area contributed by atoms with Crippen LogP contribution in [0.2, 0.25) is 0 Å². The van der Waals surface area contributed by atoms with Gasteiger partial charge in [-0.1, -0.05) is 43.0 Å². The zero-order valence-electron chi connectivity index (χ0n) is 15.7. The molecule has 0 radical (unpaired) electrons. The van der Waals surface area contributed by atoms with Crippen LogP contribution in [0, 0.1) is 0 Å². The van der Waals surface area contributed by atoms with Gasteiger partial charge in [0.05, 0.1) is 11.7 Å². The Hall–Kier alpha value is -2.00. The van der Waals surface area contributed by atoms with Gasteiger partial charge in [0.25, 0.3) is 0 Å². The van der Waals surface area contributed by atoms with Crippen molar-refractivity contribution < 1.29 is 14.2 Å². The first-order valence-electron chi connectivity index (χ1n) is 8.90. The summed E-state index contributed by atoms with van der Waals surface area (Å²) in [5.41, 5.74) is 2.61. The molecule has 3 heteroatoms. The molecule has 2 rings (SSSR count). The molecule has 1 heterocycles. The van der Waals surface area contributed by atoms with E-state index < -0.39 is 0 Å². The molecule has 0 aromatic heterocycles. The number of epoxide rings is 1. The summed E-state index contributed by atoms with van der Waals surface area (Å²) in [6, 6.07) is 5.98. The van der Waals surface area contributed by atoms with Crippen molar-refractivity contribution in [1.29, 1.82) is 0 Å². The maximum Gasteiger partial charge on any atom is 0.126 e. The third kappa shape index (κ3) is 6.09. The molecule has 1 aliphatic heterocycles. The number of hydrogen-bond acceptors (Lipinski definition) is 3. The molecule has 0 saturated carbocycles. The number of allylic oxidation sites excluding steroid dienone is 2. The minimum atomic E-state index is 0.0766. The summed E-state index contributed by atoms with van der Waals surface area (Å²) in [5.74, 6) is 1.63.